The van der Waals surface area contributed by atoms with E-state index in [9.17, 15) is 4.79 Å². The molecule has 0 unspecified atom stereocenters. The summed E-state index contributed by atoms with van der Waals surface area (Å²) in [5.41, 5.74) is 3.73. The van der Waals surface area contributed by atoms with Gasteiger partial charge in [0.25, 0.3) is 5.91 Å². The molecule has 1 aliphatic heterocycles. The number of carbonyl (C=O) groups is 1. The summed E-state index contributed by atoms with van der Waals surface area (Å²) in [6.07, 6.45) is 0.858. The summed E-state index contributed by atoms with van der Waals surface area (Å²) in [6.45, 7) is 6.33. The Hall–Kier alpha value is -1.55. The van der Waals surface area contributed by atoms with Crippen molar-refractivity contribution in [3.63, 3.8) is 0 Å². The lowest BCUT2D eigenvalue weighted by Gasteiger charge is -2.19. The van der Waals surface area contributed by atoms with E-state index in [-0.39, 0.29) is 5.91 Å². The molecule has 0 radical (unpaired) electrons. The average molecular weight is 235 g/mol. The topological polar surface area (TPSA) is 47.6 Å². The molecular formula is C13H17NO3. The molecule has 1 N–H and O–H groups in total. The molecule has 0 spiro atoms. The van der Waals surface area contributed by atoms with Gasteiger partial charge in [0, 0.05) is 12.0 Å². The molecule has 17 heavy (non-hydrogen) atoms. The van der Waals surface area contributed by atoms with Crippen molar-refractivity contribution in [1.29, 1.82) is 0 Å². The normalized spacial score (nSPS) is 14.1. The number of hydrogen-bond acceptors (Lipinski definition) is 3. The molecule has 0 atom stereocenters. The summed E-state index contributed by atoms with van der Waals surface area (Å²) in [4.78, 5) is 17.0. The van der Waals surface area contributed by atoms with Crippen molar-refractivity contribution >= 4 is 5.91 Å². The second-order valence-electron chi connectivity index (χ2n) is 5.07. The van der Waals surface area contributed by atoms with Gasteiger partial charge in [0.15, 0.2) is 0 Å². The van der Waals surface area contributed by atoms with E-state index in [0.29, 0.717) is 12.2 Å². The predicted octanol–water partition coefficient (Wildman–Crippen LogP) is 2.08. The van der Waals surface area contributed by atoms with Gasteiger partial charge in [-0.3, -0.25) is 9.63 Å². The molecule has 1 aromatic carbocycles. The molecule has 92 valence electrons. The summed E-state index contributed by atoms with van der Waals surface area (Å²) >= 11 is 0. The average Bonchev–Trinajstić information content (AvgIpc) is 2.71. The highest BCUT2D eigenvalue weighted by Gasteiger charge is 2.17. The Morgan fingerprint density at radius 1 is 1.41 bits per heavy atom. The summed E-state index contributed by atoms with van der Waals surface area (Å²) in [5, 5.41) is 0. The zero-order valence-corrected chi connectivity index (χ0v) is 10.4. The number of hydroxylamine groups is 1. The minimum absolute atomic E-state index is 0.227. The Morgan fingerprint density at radius 3 is 2.88 bits per heavy atom. The number of fused-ring (bicyclic) bond motifs is 1. The third kappa shape index (κ3) is 2.97. The van der Waals surface area contributed by atoms with Crippen LogP contribution < -0.4 is 10.2 Å². The zero-order chi connectivity index (χ0) is 12.5. The van der Waals surface area contributed by atoms with Crippen LogP contribution in [0.4, 0.5) is 0 Å². The smallest absolute Gasteiger partial charge is 0.274 e. The van der Waals surface area contributed by atoms with E-state index >= 15 is 0 Å². The molecule has 1 heterocycles. The molecule has 1 amide bonds. The van der Waals surface area contributed by atoms with Gasteiger partial charge in [-0.05, 0) is 44.5 Å². The summed E-state index contributed by atoms with van der Waals surface area (Å²) in [7, 11) is 0. The van der Waals surface area contributed by atoms with Crippen molar-refractivity contribution in [3.8, 4) is 5.75 Å². The second-order valence-corrected chi connectivity index (χ2v) is 5.07. The highest BCUT2D eigenvalue weighted by molar-refractivity contribution is 5.93. The number of amides is 1. The summed E-state index contributed by atoms with van der Waals surface area (Å²) < 4.78 is 5.38. The van der Waals surface area contributed by atoms with Crippen molar-refractivity contribution in [2.45, 2.75) is 32.8 Å². The van der Waals surface area contributed by atoms with Crippen LogP contribution in [0.15, 0.2) is 18.2 Å². The van der Waals surface area contributed by atoms with E-state index in [1.807, 2.05) is 32.9 Å². The van der Waals surface area contributed by atoms with Crippen molar-refractivity contribution in [2.75, 3.05) is 6.61 Å². The number of benzene rings is 1. The van der Waals surface area contributed by atoms with Gasteiger partial charge in [-0.2, -0.15) is 0 Å². The first-order valence-electron chi connectivity index (χ1n) is 5.70. The number of carbonyl (C=O) groups excluding carboxylic acids is 1. The SMILES string of the molecule is CC(C)(C)ONC(=O)c1ccc2c(c1)CCO2. The van der Waals surface area contributed by atoms with Crippen molar-refractivity contribution in [3.05, 3.63) is 29.3 Å². The van der Waals surface area contributed by atoms with Crippen LogP contribution in [0, 0.1) is 0 Å². The maximum atomic E-state index is 11.8. The van der Waals surface area contributed by atoms with E-state index in [1.54, 1.807) is 6.07 Å². The van der Waals surface area contributed by atoms with Gasteiger partial charge >= 0.3 is 0 Å². The molecule has 1 aliphatic rings. The highest BCUT2D eigenvalue weighted by Crippen LogP contribution is 2.25. The van der Waals surface area contributed by atoms with Gasteiger partial charge in [0.1, 0.15) is 5.75 Å². The van der Waals surface area contributed by atoms with E-state index in [2.05, 4.69) is 5.48 Å². The molecule has 1 aromatic rings. The van der Waals surface area contributed by atoms with Gasteiger partial charge in [0.05, 0.1) is 12.2 Å². The number of nitrogens with one attached hydrogen (secondary N) is 1. The van der Waals surface area contributed by atoms with Crippen LogP contribution in [0.5, 0.6) is 5.75 Å². The number of ether oxygens (including phenoxy) is 1. The van der Waals surface area contributed by atoms with Gasteiger partial charge in [-0.15, -0.1) is 0 Å². The van der Waals surface area contributed by atoms with Crippen molar-refractivity contribution in [1.82, 2.24) is 5.48 Å². The molecular weight excluding hydrogens is 218 g/mol. The quantitative estimate of drug-likeness (QED) is 0.798. The van der Waals surface area contributed by atoms with E-state index < -0.39 is 5.60 Å². The fraction of sp³-hybridized carbons (Fsp3) is 0.462. The van der Waals surface area contributed by atoms with Crippen LogP contribution in [0.1, 0.15) is 36.7 Å². The number of hydrogen-bond donors (Lipinski definition) is 1. The summed E-state index contributed by atoms with van der Waals surface area (Å²) in [5.74, 6) is 0.646. The van der Waals surface area contributed by atoms with Crippen molar-refractivity contribution < 1.29 is 14.4 Å². The highest BCUT2D eigenvalue weighted by atomic mass is 16.7. The molecule has 4 heteroatoms. The first-order chi connectivity index (χ1) is 7.96. The summed E-state index contributed by atoms with van der Waals surface area (Å²) in [6, 6.07) is 5.42. The molecule has 0 bridgehead atoms. The lowest BCUT2D eigenvalue weighted by atomic mass is 10.1. The lowest BCUT2D eigenvalue weighted by Crippen LogP contribution is -2.33. The molecule has 0 fully saturated rings. The van der Waals surface area contributed by atoms with E-state index in [1.165, 1.54) is 0 Å². The van der Waals surface area contributed by atoms with Gasteiger partial charge < -0.3 is 4.74 Å². The first-order valence-corrected chi connectivity index (χ1v) is 5.70. The van der Waals surface area contributed by atoms with Gasteiger partial charge in [-0.1, -0.05) is 0 Å². The fourth-order valence-electron chi connectivity index (χ4n) is 1.59. The molecule has 0 aromatic heterocycles. The fourth-order valence-corrected chi connectivity index (χ4v) is 1.59. The minimum Gasteiger partial charge on any atom is -0.493 e. The van der Waals surface area contributed by atoms with Crippen LogP contribution in [0.25, 0.3) is 0 Å². The minimum atomic E-state index is -0.393. The molecule has 4 nitrogen and oxygen atoms in total. The monoisotopic (exact) mass is 235 g/mol. The number of rotatable bonds is 2. The third-order valence-electron chi connectivity index (χ3n) is 2.40. The first kappa shape index (κ1) is 11.9. The Morgan fingerprint density at radius 2 is 2.18 bits per heavy atom. The van der Waals surface area contributed by atoms with Crippen LogP contribution in [0.2, 0.25) is 0 Å². The third-order valence-corrected chi connectivity index (χ3v) is 2.40. The maximum absolute atomic E-state index is 11.8. The Balaban J connectivity index is 2.05. The van der Waals surface area contributed by atoms with E-state index in [4.69, 9.17) is 9.57 Å². The van der Waals surface area contributed by atoms with E-state index in [0.717, 1.165) is 17.7 Å². The Kier molecular flexibility index (Phi) is 3.07. The van der Waals surface area contributed by atoms with Crippen LogP contribution in [-0.4, -0.2) is 18.1 Å². The zero-order valence-electron chi connectivity index (χ0n) is 10.4. The van der Waals surface area contributed by atoms with Gasteiger partial charge in [-0.25, -0.2) is 5.48 Å². The predicted molar refractivity (Wildman–Crippen MR) is 63.9 cm³/mol. The Bertz CT molecular complexity index is 435. The second kappa shape index (κ2) is 4.37. The van der Waals surface area contributed by atoms with Gasteiger partial charge in [0.2, 0.25) is 0 Å². The standard InChI is InChI=1S/C13H17NO3/c1-13(2,3)17-14-12(15)10-4-5-11-9(8-10)6-7-16-11/h4-5,8H,6-7H2,1-3H3,(H,14,15). The maximum Gasteiger partial charge on any atom is 0.274 e. The molecule has 0 aliphatic carbocycles. The van der Waals surface area contributed by atoms with Crippen LogP contribution in [0.3, 0.4) is 0 Å². The lowest BCUT2D eigenvalue weighted by molar-refractivity contribution is -0.0589. The molecule has 0 saturated heterocycles. The van der Waals surface area contributed by atoms with Crippen molar-refractivity contribution in [2.24, 2.45) is 0 Å². The van der Waals surface area contributed by atoms with Crippen LogP contribution in [-0.2, 0) is 11.3 Å². The van der Waals surface area contributed by atoms with Crippen LogP contribution >= 0.6 is 0 Å². The Labute approximate surface area is 101 Å². The molecule has 2 rings (SSSR count). The molecule has 0 saturated carbocycles. The largest absolute Gasteiger partial charge is 0.493 e.